The van der Waals surface area contributed by atoms with E-state index in [0.29, 0.717) is 6.54 Å². The van der Waals surface area contributed by atoms with Gasteiger partial charge in [-0.05, 0) is 51.7 Å². The predicted molar refractivity (Wildman–Crippen MR) is 95.8 cm³/mol. The van der Waals surface area contributed by atoms with E-state index in [2.05, 4.69) is 29.2 Å². The second-order valence-corrected chi connectivity index (χ2v) is 5.57. The summed E-state index contributed by atoms with van der Waals surface area (Å²) < 4.78 is 13.5. The minimum atomic E-state index is -0.237. The van der Waals surface area contributed by atoms with E-state index >= 15 is 0 Å². The molecule has 23 heavy (non-hydrogen) atoms. The van der Waals surface area contributed by atoms with E-state index in [9.17, 15) is 4.39 Å². The van der Waals surface area contributed by atoms with Crippen LogP contribution in [0.5, 0.6) is 0 Å². The second-order valence-electron chi connectivity index (χ2n) is 5.57. The zero-order chi connectivity index (χ0) is 17.1. The molecule has 0 aliphatic rings. The van der Waals surface area contributed by atoms with Crippen LogP contribution in [-0.4, -0.2) is 36.1 Å². The van der Waals surface area contributed by atoms with E-state index in [4.69, 9.17) is 0 Å². The molecule has 126 valence electrons. The third-order valence-corrected chi connectivity index (χ3v) is 3.67. The lowest BCUT2D eigenvalue weighted by atomic mass is 10.1. The van der Waals surface area contributed by atoms with E-state index in [0.717, 1.165) is 24.4 Å². The van der Waals surface area contributed by atoms with Gasteiger partial charge >= 0.3 is 0 Å². The summed E-state index contributed by atoms with van der Waals surface area (Å²) in [6.07, 6.45) is 8.29. The van der Waals surface area contributed by atoms with Crippen LogP contribution in [-0.2, 0) is 6.54 Å². The second kappa shape index (κ2) is 10.9. The molecule has 0 saturated heterocycles. The highest BCUT2D eigenvalue weighted by Crippen LogP contribution is 2.08. The Hall–Kier alpha value is -1.78. The van der Waals surface area contributed by atoms with E-state index in [1.165, 1.54) is 12.2 Å². The average Bonchev–Trinajstić information content (AvgIpc) is 2.57. The molecule has 4 heteroatoms. The number of hydrogen-bond acceptors (Lipinski definition) is 3. The van der Waals surface area contributed by atoms with Gasteiger partial charge in [0, 0.05) is 25.3 Å². The van der Waals surface area contributed by atoms with Gasteiger partial charge in [-0.25, -0.2) is 4.39 Å². The van der Waals surface area contributed by atoms with Crippen molar-refractivity contribution in [2.75, 3.05) is 20.1 Å². The molecule has 1 heterocycles. The van der Waals surface area contributed by atoms with Crippen molar-refractivity contribution in [2.24, 2.45) is 0 Å². The van der Waals surface area contributed by atoms with E-state index in [1.54, 1.807) is 19.2 Å². The van der Waals surface area contributed by atoms with E-state index in [-0.39, 0.29) is 11.9 Å². The molecular formula is C19H28FN3. The fraction of sp³-hybridized carbons (Fsp3) is 0.421. The molecule has 0 radical (unpaired) electrons. The summed E-state index contributed by atoms with van der Waals surface area (Å²) in [4.78, 5) is 6.57. The number of hydrogen-bond donors (Lipinski definition) is 1. The van der Waals surface area contributed by atoms with Crippen molar-refractivity contribution in [2.45, 2.75) is 33.4 Å². The van der Waals surface area contributed by atoms with Crippen LogP contribution in [0.25, 0.3) is 0 Å². The number of likely N-dealkylation sites (N-methyl/N-ethyl adjacent to an activating group) is 1. The Morgan fingerprint density at radius 3 is 2.78 bits per heavy atom. The lowest BCUT2D eigenvalue weighted by Gasteiger charge is -2.25. The highest BCUT2D eigenvalue weighted by molar-refractivity contribution is 5.23. The summed E-state index contributed by atoms with van der Waals surface area (Å²) >= 11 is 0. The van der Waals surface area contributed by atoms with Crippen molar-refractivity contribution in [1.29, 1.82) is 0 Å². The summed E-state index contributed by atoms with van der Waals surface area (Å²) in [6.45, 7) is 8.48. The zero-order valence-electron chi connectivity index (χ0n) is 14.6. The minimum absolute atomic E-state index is 0.150. The monoisotopic (exact) mass is 317 g/mol. The summed E-state index contributed by atoms with van der Waals surface area (Å²) in [5.74, 6) is -0.237. The third-order valence-electron chi connectivity index (χ3n) is 3.67. The standard InChI is InChI=1S/C19H28FN3/c1-5-9-17(20)12-11-16(3)19(15-23(4)6-2)22-14-18-10-7-8-13-21-18/h5,7-13,19,22H,6,14-15H2,1-4H3/b9-5-,16-11+,17-12+. The molecule has 1 unspecified atom stereocenters. The van der Waals surface area contributed by atoms with Crippen molar-refractivity contribution >= 4 is 0 Å². The van der Waals surface area contributed by atoms with Gasteiger partial charge in [0.25, 0.3) is 0 Å². The Bertz CT molecular complexity index is 535. The van der Waals surface area contributed by atoms with Gasteiger partial charge in [0.1, 0.15) is 5.83 Å². The van der Waals surface area contributed by atoms with Crippen molar-refractivity contribution < 1.29 is 4.39 Å². The molecule has 0 spiro atoms. The lowest BCUT2D eigenvalue weighted by Crippen LogP contribution is -2.40. The van der Waals surface area contributed by atoms with Crippen LogP contribution in [0.2, 0.25) is 0 Å². The highest BCUT2D eigenvalue weighted by Gasteiger charge is 2.12. The molecule has 1 N–H and O–H groups in total. The third kappa shape index (κ3) is 7.86. The number of halogens is 1. The SMILES string of the molecule is C\C=C/C(F)=C\C=C(/C)C(CN(C)CC)NCc1ccccn1. The first-order valence-corrected chi connectivity index (χ1v) is 8.05. The minimum Gasteiger partial charge on any atom is -0.305 e. The molecule has 0 saturated carbocycles. The number of allylic oxidation sites excluding steroid dienone is 5. The maximum Gasteiger partial charge on any atom is 0.122 e. The summed E-state index contributed by atoms with van der Waals surface area (Å²) in [5.41, 5.74) is 2.10. The molecule has 0 amide bonds. The zero-order valence-corrected chi connectivity index (χ0v) is 14.6. The van der Waals surface area contributed by atoms with Gasteiger partial charge in [0.2, 0.25) is 0 Å². The quantitative estimate of drug-likeness (QED) is 0.701. The van der Waals surface area contributed by atoms with Crippen LogP contribution >= 0.6 is 0 Å². The van der Waals surface area contributed by atoms with E-state index in [1.807, 2.05) is 31.2 Å². The number of pyridine rings is 1. The van der Waals surface area contributed by atoms with Gasteiger partial charge in [0.15, 0.2) is 0 Å². The van der Waals surface area contributed by atoms with Crippen LogP contribution in [0.1, 0.15) is 26.5 Å². The largest absolute Gasteiger partial charge is 0.305 e. The molecule has 0 aromatic carbocycles. The number of rotatable bonds is 9. The van der Waals surface area contributed by atoms with Crippen LogP contribution < -0.4 is 5.32 Å². The summed E-state index contributed by atoms with van der Waals surface area (Å²) in [6, 6.07) is 6.04. The number of aromatic nitrogens is 1. The van der Waals surface area contributed by atoms with Gasteiger partial charge in [-0.3, -0.25) is 4.98 Å². The van der Waals surface area contributed by atoms with Gasteiger partial charge in [0.05, 0.1) is 5.69 Å². The van der Waals surface area contributed by atoms with Crippen molar-refractivity contribution in [3.05, 3.63) is 65.8 Å². The smallest absolute Gasteiger partial charge is 0.122 e. The molecule has 1 aromatic heterocycles. The molecule has 0 bridgehead atoms. The predicted octanol–water partition coefficient (Wildman–Crippen LogP) is 3.87. The summed E-state index contributed by atoms with van der Waals surface area (Å²) in [5, 5.41) is 3.51. The maximum absolute atomic E-state index is 13.5. The van der Waals surface area contributed by atoms with E-state index < -0.39 is 0 Å². The van der Waals surface area contributed by atoms with Gasteiger partial charge < -0.3 is 10.2 Å². The fourth-order valence-electron chi connectivity index (χ4n) is 2.08. The van der Waals surface area contributed by atoms with Crippen molar-refractivity contribution in [3.63, 3.8) is 0 Å². The Morgan fingerprint density at radius 2 is 2.17 bits per heavy atom. The molecule has 3 nitrogen and oxygen atoms in total. The Kier molecular flexibility index (Phi) is 9.10. The van der Waals surface area contributed by atoms with Crippen LogP contribution in [0.3, 0.4) is 0 Å². The normalized spacial score (nSPS) is 14.7. The Balaban J connectivity index is 2.78. The van der Waals surface area contributed by atoms with Crippen molar-refractivity contribution in [1.82, 2.24) is 15.2 Å². The van der Waals surface area contributed by atoms with Gasteiger partial charge in [-0.15, -0.1) is 0 Å². The van der Waals surface area contributed by atoms with Crippen molar-refractivity contribution in [3.8, 4) is 0 Å². The molecule has 1 aromatic rings. The molecule has 0 aliphatic carbocycles. The maximum atomic E-state index is 13.5. The Morgan fingerprint density at radius 1 is 1.39 bits per heavy atom. The highest BCUT2D eigenvalue weighted by atomic mass is 19.1. The molecule has 1 rings (SSSR count). The van der Waals surface area contributed by atoms with Gasteiger partial charge in [-0.1, -0.05) is 30.7 Å². The molecular weight excluding hydrogens is 289 g/mol. The lowest BCUT2D eigenvalue weighted by molar-refractivity contribution is 0.316. The first kappa shape index (κ1) is 19.3. The average molecular weight is 317 g/mol. The number of nitrogens with one attached hydrogen (secondary N) is 1. The van der Waals surface area contributed by atoms with Crippen LogP contribution in [0.15, 0.2) is 60.1 Å². The summed E-state index contributed by atoms with van der Waals surface area (Å²) in [7, 11) is 2.08. The first-order valence-electron chi connectivity index (χ1n) is 8.05. The fourth-order valence-corrected chi connectivity index (χ4v) is 2.08. The molecule has 0 fully saturated rings. The number of nitrogens with zero attached hydrogens (tertiary/aromatic N) is 2. The topological polar surface area (TPSA) is 28.2 Å². The Labute approximate surface area is 139 Å². The van der Waals surface area contributed by atoms with Crippen LogP contribution in [0, 0.1) is 0 Å². The molecule has 0 aliphatic heterocycles. The molecule has 1 atom stereocenters. The first-order chi connectivity index (χ1) is 11.1. The van der Waals surface area contributed by atoms with Gasteiger partial charge in [-0.2, -0.15) is 0 Å². The van der Waals surface area contributed by atoms with Crippen LogP contribution in [0.4, 0.5) is 4.39 Å².